The Kier molecular flexibility index (Phi) is 3.78. The van der Waals surface area contributed by atoms with Crippen molar-refractivity contribution < 1.29 is 0 Å². The van der Waals surface area contributed by atoms with Gasteiger partial charge in [0.2, 0.25) is 0 Å². The Morgan fingerprint density at radius 2 is 1.64 bits per heavy atom. The highest BCUT2D eigenvalue weighted by atomic mass is 14.3. The number of hydrogen-bond acceptors (Lipinski definition) is 0. The van der Waals surface area contributed by atoms with E-state index in [4.69, 9.17) is 0 Å². The number of aryl methyl sites for hydroxylation is 1. The average Bonchev–Trinajstić information content (AvgIpc) is 2.94. The molecule has 0 unspecified atom stereocenters. The van der Waals surface area contributed by atoms with E-state index in [1.807, 2.05) is 0 Å². The molecule has 4 rings (SSSR count). The molecule has 0 radical (unpaired) electrons. The molecule has 0 aromatic heterocycles. The maximum Gasteiger partial charge on any atom is -0.00107 e. The van der Waals surface area contributed by atoms with E-state index in [2.05, 4.69) is 49.4 Å². The minimum absolute atomic E-state index is 0.965. The summed E-state index contributed by atoms with van der Waals surface area (Å²) >= 11 is 0. The molecule has 2 aromatic rings. The van der Waals surface area contributed by atoms with Gasteiger partial charge in [-0.3, -0.25) is 0 Å². The van der Waals surface area contributed by atoms with Crippen LogP contribution in [0.15, 0.2) is 42.5 Å². The van der Waals surface area contributed by atoms with E-state index >= 15 is 0 Å². The van der Waals surface area contributed by atoms with Crippen molar-refractivity contribution in [3.05, 3.63) is 59.2 Å². The molecule has 0 bridgehead atoms. The standard InChI is InChI=1S/C22H26/c1-16-9-11-17(12-10-16)13-14-18-6-4-8-21-20-7-3-2-5-19(20)15-22(18)21/h2-8,16-17H,9-15H2,1H3. The Balaban J connectivity index is 1.50. The summed E-state index contributed by atoms with van der Waals surface area (Å²) in [4.78, 5) is 0. The number of rotatable bonds is 3. The molecule has 1 fully saturated rings. The van der Waals surface area contributed by atoms with Crippen LogP contribution in [0.25, 0.3) is 11.1 Å². The van der Waals surface area contributed by atoms with Gasteiger partial charge in [-0.15, -0.1) is 0 Å². The minimum Gasteiger partial charge on any atom is -0.0625 e. The van der Waals surface area contributed by atoms with Gasteiger partial charge in [0.25, 0.3) is 0 Å². The summed E-state index contributed by atoms with van der Waals surface area (Å²) in [5.41, 5.74) is 7.67. The van der Waals surface area contributed by atoms with Gasteiger partial charge >= 0.3 is 0 Å². The molecule has 0 aliphatic heterocycles. The van der Waals surface area contributed by atoms with E-state index in [0.29, 0.717) is 0 Å². The zero-order valence-corrected chi connectivity index (χ0v) is 13.6. The second-order valence-electron chi connectivity index (χ2n) is 7.44. The third-order valence-corrected chi connectivity index (χ3v) is 5.91. The van der Waals surface area contributed by atoms with Gasteiger partial charge in [0.15, 0.2) is 0 Å². The van der Waals surface area contributed by atoms with Gasteiger partial charge in [-0.05, 0) is 58.9 Å². The van der Waals surface area contributed by atoms with Crippen LogP contribution in [0.4, 0.5) is 0 Å². The summed E-state index contributed by atoms with van der Waals surface area (Å²) in [5, 5.41) is 0. The molecule has 114 valence electrons. The maximum absolute atomic E-state index is 2.41. The monoisotopic (exact) mass is 290 g/mol. The van der Waals surface area contributed by atoms with Gasteiger partial charge in [0.1, 0.15) is 0 Å². The van der Waals surface area contributed by atoms with Crippen molar-refractivity contribution >= 4 is 0 Å². The van der Waals surface area contributed by atoms with E-state index in [1.165, 1.54) is 55.2 Å². The van der Waals surface area contributed by atoms with Crippen LogP contribution in [0.5, 0.6) is 0 Å². The molecule has 0 amide bonds. The lowest BCUT2D eigenvalue weighted by Gasteiger charge is -2.26. The van der Waals surface area contributed by atoms with Crippen molar-refractivity contribution in [2.45, 2.75) is 51.9 Å². The van der Waals surface area contributed by atoms with Gasteiger partial charge in [-0.2, -0.15) is 0 Å². The van der Waals surface area contributed by atoms with E-state index in [0.717, 1.165) is 18.3 Å². The van der Waals surface area contributed by atoms with Crippen LogP contribution in [0.1, 0.15) is 55.7 Å². The first kappa shape index (κ1) is 14.1. The van der Waals surface area contributed by atoms with E-state index in [-0.39, 0.29) is 0 Å². The molecule has 2 aliphatic rings. The zero-order chi connectivity index (χ0) is 14.9. The smallest absolute Gasteiger partial charge is 0.00107 e. The summed E-state index contributed by atoms with van der Waals surface area (Å²) in [6.45, 7) is 2.41. The third kappa shape index (κ3) is 2.60. The first-order chi connectivity index (χ1) is 10.8. The molecule has 0 N–H and O–H groups in total. The van der Waals surface area contributed by atoms with E-state index in [1.54, 1.807) is 11.1 Å². The Bertz CT molecular complexity index is 659. The van der Waals surface area contributed by atoms with Crippen LogP contribution in [0.2, 0.25) is 0 Å². The average molecular weight is 290 g/mol. The summed E-state index contributed by atoms with van der Waals surface area (Å²) in [6, 6.07) is 15.9. The van der Waals surface area contributed by atoms with Crippen LogP contribution >= 0.6 is 0 Å². The quantitative estimate of drug-likeness (QED) is 0.553. The highest BCUT2D eigenvalue weighted by Crippen LogP contribution is 2.39. The molecule has 0 spiro atoms. The van der Waals surface area contributed by atoms with Gasteiger partial charge in [0, 0.05) is 0 Å². The molecule has 2 aliphatic carbocycles. The summed E-state index contributed by atoms with van der Waals surface area (Å²) in [5.74, 6) is 1.93. The van der Waals surface area contributed by atoms with Crippen LogP contribution in [-0.4, -0.2) is 0 Å². The lowest BCUT2D eigenvalue weighted by Crippen LogP contribution is -2.13. The largest absolute Gasteiger partial charge is 0.0625 e. The van der Waals surface area contributed by atoms with Crippen molar-refractivity contribution in [3.8, 4) is 11.1 Å². The van der Waals surface area contributed by atoms with Crippen molar-refractivity contribution in [1.29, 1.82) is 0 Å². The highest BCUT2D eigenvalue weighted by Gasteiger charge is 2.22. The lowest BCUT2D eigenvalue weighted by molar-refractivity contribution is 0.277. The number of hydrogen-bond donors (Lipinski definition) is 0. The second-order valence-corrected chi connectivity index (χ2v) is 7.44. The molecule has 0 nitrogen and oxygen atoms in total. The second kappa shape index (κ2) is 5.91. The van der Waals surface area contributed by atoms with Crippen molar-refractivity contribution in [1.82, 2.24) is 0 Å². The van der Waals surface area contributed by atoms with Gasteiger partial charge in [-0.1, -0.05) is 75.1 Å². The van der Waals surface area contributed by atoms with Gasteiger partial charge in [-0.25, -0.2) is 0 Å². The predicted octanol–water partition coefficient (Wildman–Crippen LogP) is 6.02. The summed E-state index contributed by atoms with van der Waals surface area (Å²) in [7, 11) is 0. The van der Waals surface area contributed by atoms with Crippen molar-refractivity contribution in [2.75, 3.05) is 0 Å². The highest BCUT2D eigenvalue weighted by molar-refractivity contribution is 5.77. The molecule has 0 heteroatoms. The van der Waals surface area contributed by atoms with E-state index < -0.39 is 0 Å². The minimum atomic E-state index is 0.965. The van der Waals surface area contributed by atoms with Crippen molar-refractivity contribution in [2.24, 2.45) is 11.8 Å². The zero-order valence-electron chi connectivity index (χ0n) is 13.6. The van der Waals surface area contributed by atoms with Crippen LogP contribution in [0.3, 0.4) is 0 Å². The SMILES string of the molecule is CC1CCC(CCc2cccc3c2Cc2ccccc2-3)CC1. The molecule has 1 saturated carbocycles. The maximum atomic E-state index is 2.41. The topological polar surface area (TPSA) is 0 Å². The predicted molar refractivity (Wildman–Crippen MR) is 94.1 cm³/mol. The molecule has 22 heavy (non-hydrogen) atoms. The molecule has 0 saturated heterocycles. The Morgan fingerprint density at radius 1 is 0.864 bits per heavy atom. The fourth-order valence-corrected chi connectivity index (χ4v) is 4.44. The first-order valence-electron chi connectivity index (χ1n) is 9.00. The number of fused-ring (bicyclic) bond motifs is 3. The molecule has 0 heterocycles. The summed E-state index contributed by atoms with van der Waals surface area (Å²) < 4.78 is 0. The Morgan fingerprint density at radius 3 is 2.50 bits per heavy atom. The first-order valence-corrected chi connectivity index (χ1v) is 9.00. The molecule has 0 atom stereocenters. The Labute approximate surface area is 134 Å². The molecule has 2 aromatic carbocycles. The lowest BCUT2D eigenvalue weighted by atomic mass is 9.80. The normalized spacial score (nSPS) is 23.1. The van der Waals surface area contributed by atoms with Gasteiger partial charge in [0.05, 0.1) is 0 Å². The fourth-order valence-electron chi connectivity index (χ4n) is 4.44. The van der Waals surface area contributed by atoms with Crippen LogP contribution in [-0.2, 0) is 12.8 Å². The Hall–Kier alpha value is -1.56. The summed E-state index contributed by atoms with van der Waals surface area (Å²) in [6.07, 6.45) is 9.61. The molecular weight excluding hydrogens is 264 g/mol. The van der Waals surface area contributed by atoms with E-state index in [9.17, 15) is 0 Å². The third-order valence-electron chi connectivity index (χ3n) is 5.91. The number of benzene rings is 2. The van der Waals surface area contributed by atoms with Crippen LogP contribution < -0.4 is 0 Å². The fraction of sp³-hybridized carbons (Fsp3) is 0.455. The van der Waals surface area contributed by atoms with Gasteiger partial charge < -0.3 is 0 Å². The van der Waals surface area contributed by atoms with Crippen molar-refractivity contribution in [3.63, 3.8) is 0 Å². The molecular formula is C22H26. The van der Waals surface area contributed by atoms with Crippen LogP contribution in [0, 0.1) is 11.8 Å².